The normalized spacial score (nSPS) is 14.3. The van der Waals surface area contributed by atoms with Gasteiger partial charge < -0.3 is 20.9 Å². The Kier molecular flexibility index (Phi) is 11.8. The van der Waals surface area contributed by atoms with Gasteiger partial charge >= 0.3 is 0 Å². The van der Waals surface area contributed by atoms with E-state index in [0.29, 0.717) is 25.0 Å². The third kappa shape index (κ3) is 8.89. The summed E-state index contributed by atoms with van der Waals surface area (Å²) in [4.78, 5) is 12.4. The van der Waals surface area contributed by atoms with Gasteiger partial charge in [-0.3, -0.25) is 4.79 Å². The maximum Gasteiger partial charge on any atom is 0.245 e. The molecule has 36 heavy (non-hydrogen) atoms. The van der Waals surface area contributed by atoms with Crippen molar-refractivity contribution in [2.45, 2.75) is 75.5 Å². The van der Waals surface area contributed by atoms with Gasteiger partial charge in [0.1, 0.15) is 11.5 Å². The summed E-state index contributed by atoms with van der Waals surface area (Å²) in [5, 5.41) is 14.8. The van der Waals surface area contributed by atoms with Gasteiger partial charge in [-0.1, -0.05) is 43.7 Å². The fraction of sp³-hybridized carbons (Fsp3) is 0.519. The summed E-state index contributed by atoms with van der Waals surface area (Å²) in [7, 11) is -2.53. The van der Waals surface area contributed by atoms with Gasteiger partial charge in [-0.05, 0) is 56.0 Å². The average Bonchev–Trinajstić information content (AvgIpc) is 2.84. The molecule has 2 unspecified atom stereocenters. The van der Waals surface area contributed by atoms with Crippen molar-refractivity contribution < 1.29 is 23.1 Å². The number of ether oxygens (including phenoxy) is 1. The molecule has 0 saturated carbocycles. The highest BCUT2D eigenvalue weighted by molar-refractivity contribution is 7.89. The maximum atomic E-state index is 13.8. The number of nitrogens with one attached hydrogen (secondary N) is 1. The van der Waals surface area contributed by atoms with Gasteiger partial charge in [0.15, 0.2) is 0 Å². The number of nitrogens with two attached hydrogens (primary N) is 1. The predicted octanol–water partition coefficient (Wildman–Crippen LogP) is 3.44. The second kappa shape index (κ2) is 14.3. The Morgan fingerprint density at radius 3 is 2.39 bits per heavy atom. The van der Waals surface area contributed by atoms with E-state index in [1.807, 2.05) is 44.2 Å². The number of hydrogen-bond acceptors (Lipinski definition) is 6. The van der Waals surface area contributed by atoms with E-state index in [-0.39, 0.29) is 42.8 Å². The summed E-state index contributed by atoms with van der Waals surface area (Å²) in [6.07, 6.45) is 3.22. The van der Waals surface area contributed by atoms with E-state index >= 15 is 0 Å². The molecule has 0 bridgehead atoms. The lowest BCUT2D eigenvalue weighted by atomic mass is 9.98. The minimum absolute atomic E-state index is 0.0315. The van der Waals surface area contributed by atoms with Crippen molar-refractivity contribution in [2.24, 2.45) is 5.73 Å². The largest absolute Gasteiger partial charge is 0.497 e. The molecule has 2 aromatic rings. The van der Waals surface area contributed by atoms with E-state index < -0.39 is 15.7 Å². The molecule has 0 heterocycles. The molecule has 0 aliphatic rings. The minimum atomic E-state index is -4.05. The number of rotatable bonds is 16. The Balaban J connectivity index is 2.32. The van der Waals surface area contributed by atoms with Crippen LogP contribution >= 0.6 is 0 Å². The summed E-state index contributed by atoms with van der Waals surface area (Å²) in [5.74, 6) is 0.399. The second-order valence-electron chi connectivity index (χ2n) is 9.22. The molecule has 4 N–H and O–H groups in total. The molecule has 2 rings (SSSR count). The molecular formula is C27H41N3O5S. The highest BCUT2D eigenvalue weighted by Gasteiger charge is 2.42. The molecule has 0 aromatic heterocycles. The third-order valence-electron chi connectivity index (χ3n) is 6.07. The first-order chi connectivity index (χ1) is 17.1. The first-order valence-electron chi connectivity index (χ1n) is 12.6. The van der Waals surface area contributed by atoms with Gasteiger partial charge in [0.05, 0.1) is 12.0 Å². The lowest BCUT2D eigenvalue weighted by Gasteiger charge is -2.39. The number of aliphatic hydroxyl groups is 1. The first-order valence-corrected chi connectivity index (χ1v) is 14.0. The number of carbonyl (C=O) groups is 1. The minimum Gasteiger partial charge on any atom is -0.497 e. The topological polar surface area (TPSA) is 122 Å². The molecule has 2 aromatic carbocycles. The van der Waals surface area contributed by atoms with E-state index in [0.717, 1.165) is 18.4 Å². The summed E-state index contributed by atoms with van der Waals surface area (Å²) < 4.78 is 34.0. The molecule has 200 valence electrons. The predicted molar refractivity (Wildman–Crippen MR) is 142 cm³/mol. The van der Waals surface area contributed by atoms with Gasteiger partial charge in [0.2, 0.25) is 15.9 Å². The number of methoxy groups -OCH3 is 1. The third-order valence-corrected chi connectivity index (χ3v) is 8.04. The van der Waals surface area contributed by atoms with E-state index in [9.17, 15) is 18.3 Å². The molecule has 0 aliphatic heterocycles. The Morgan fingerprint density at radius 2 is 1.81 bits per heavy atom. The van der Waals surface area contributed by atoms with Crippen molar-refractivity contribution in [3.8, 4) is 5.75 Å². The van der Waals surface area contributed by atoms with Gasteiger partial charge in [-0.2, -0.15) is 4.31 Å². The summed E-state index contributed by atoms with van der Waals surface area (Å²) in [6, 6.07) is 15.5. The quantitative estimate of drug-likeness (QED) is 0.292. The van der Waals surface area contributed by atoms with E-state index in [1.54, 1.807) is 12.1 Å². The Bertz CT molecular complexity index is 1030. The highest BCUT2D eigenvalue weighted by Crippen LogP contribution is 2.30. The summed E-state index contributed by atoms with van der Waals surface area (Å²) in [5.41, 5.74) is 4.81. The van der Waals surface area contributed by atoms with Crippen molar-refractivity contribution in [3.05, 3.63) is 60.2 Å². The zero-order chi connectivity index (χ0) is 26.6. The van der Waals surface area contributed by atoms with Crippen LogP contribution in [0.1, 0.15) is 57.9 Å². The SMILES string of the molecule is CCCCN(C(O)(CCNC(=O)CCCC(C)N)Cc1ccccc1)S(=O)(=O)c1ccc(OC)cc1. The summed E-state index contributed by atoms with van der Waals surface area (Å²) in [6.45, 7) is 4.16. The van der Waals surface area contributed by atoms with Crippen molar-refractivity contribution in [3.63, 3.8) is 0 Å². The van der Waals surface area contributed by atoms with Crippen LogP contribution in [0, 0.1) is 0 Å². The molecule has 0 fully saturated rings. The molecule has 9 heteroatoms. The number of nitrogens with zero attached hydrogens (tertiary/aromatic N) is 1. The van der Waals surface area contributed by atoms with Crippen LogP contribution in [0.5, 0.6) is 5.75 Å². The average molecular weight is 520 g/mol. The Labute approximate surface area is 215 Å². The molecule has 0 saturated heterocycles. The van der Waals surface area contributed by atoms with Crippen LogP contribution in [-0.2, 0) is 21.2 Å². The van der Waals surface area contributed by atoms with Crippen molar-refractivity contribution >= 4 is 15.9 Å². The number of sulfonamides is 1. The van der Waals surface area contributed by atoms with Crippen LogP contribution < -0.4 is 15.8 Å². The lowest BCUT2D eigenvalue weighted by molar-refractivity contribution is -0.121. The second-order valence-corrected chi connectivity index (χ2v) is 11.1. The molecule has 2 atom stereocenters. The van der Waals surface area contributed by atoms with Crippen LogP contribution in [0.2, 0.25) is 0 Å². The fourth-order valence-corrected chi connectivity index (χ4v) is 5.73. The van der Waals surface area contributed by atoms with Gasteiger partial charge in [-0.15, -0.1) is 0 Å². The monoisotopic (exact) mass is 519 g/mol. The van der Waals surface area contributed by atoms with Crippen LogP contribution in [0.25, 0.3) is 0 Å². The van der Waals surface area contributed by atoms with Gasteiger partial charge in [-0.25, -0.2) is 8.42 Å². The van der Waals surface area contributed by atoms with Crippen LogP contribution in [0.15, 0.2) is 59.5 Å². The van der Waals surface area contributed by atoms with Crippen LogP contribution in [-0.4, -0.2) is 55.7 Å². The van der Waals surface area contributed by atoms with E-state index in [2.05, 4.69) is 5.32 Å². The zero-order valence-corrected chi connectivity index (χ0v) is 22.5. The van der Waals surface area contributed by atoms with Gasteiger partial charge in [0.25, 0.3) is 0 Å². The Morgan fingerprint density at radius 1 is 1.14 bits per heavy atom. The Hall–Kier alpha value is -2.46. The molecule has 0 aliphatic carbocycles. The highest BCUT2D eigenvalue weighted by atomic mass is 32.2. The zero-order valence-electron chi connectivity index (χ0n) is 21.7. The first kappa shape index (κ1) is 29.8. The smallest absolute Gasteiger partial charge is 0.245 e. The van der Waals surface area contributed by atoms with Crippen molar-refractivity contribution in [1.29, 1.82) is 0 Å². The standard InChI is InChI=1S/C27H41N3O5S/c1-4-5-20-30(36(33,34)25-16-14-24(35-3)15-17-25)27(32,21-23-11-7-6-8-12-23)18-19-29-26(31)13-9-10-22(2)28/h6-8,11-12,14-17,22,32H,4-5,9-10,13,18-21,28H2,1-3H3,(H,29,31). The fourth-order valence-electron chi connectivity index (χ4n) is 4.03. The number of unbranched alkanes of at least 4 members (excludes halogenated alkanes) is 1. The molecule has 0 radical (unpaired) electrons. The molecule has 8 nitrogen and oxygen atoms in total. The van der Waals surface area contributed by atoms with Crippen molar-refractivity contribution in [2.75, 3.05) is 20.2 Å². The van der Waals surface area contributed by atoms with Crippen LogP contribution in [0.4, 0.5) is 0 Å². The number of benzene rings is 2. The van der Waals surface area contributed by atoms with E-state index in [4.69, 9.17) is 10.5 Å². The summed E-state index contributed by atoms with van der Waals surface area (Å²) >= 11 is 0. The molecular weight excluding hydrogens is 478 g/mol. The van der Waals surface area contributed by atoms with Crippen LogP contribution in [0.3, 0.4) is 0 Å². The number of amides is 1. The van der Waals surface area contributed by atoms with Crippen molar-refractivity contribution in [1.82, 2.24) is 9.62 Å². The number of hydrogen-bond donors (Lipinski definition) is 3. The lowest BCUT2D eigenvalue weighted by Crippen LogP contribution is -2.55. The maximum absolute atomic E-state index is 13.8. The molecule has 1 amide bonds. The molecule has 0 spiro atoms. The number of carbonyl (C=O) groups excluding carboxylic acids is 1. The van der Waals surface area contributed by atoms with E-state index in [1.165, 1.54) is 23.5 Å². The van der Waals surface area contributed by atoms with Gasteiger partial charge in [0, 0.05) is 38.4 Å².